The maximum atomic E-state index is 9.62. The lowest BCUT2D eigenvalue weighted by molar-refractivity contribution is 0.336. The molecule has 1 aromatic carbocycles. The monoisotopic (exact) mass is 244 g/mol. The Bertz CT molecular complexity index is 476. The zero-order valence-corrected chi connectivity index (χ0v) is 11.3. The average molecular weight is 244 g/mol. The third kappa shape index (κ3) is 2.21. The zero-order valence-electron chi connectivity index (χ0n) is 11.3. The predicted molar refractivity (Wildman–Crippen MR) is 71.5 cm³/mol. The minimum atomic E-state index is -0.534. The van der Waals surface area contributed by atoms with Crippen molar-refractivity contribution in [3.05, 3.63) is 29.3 Å². The molecule has 3 heteroatoms. The molecule has 2 rings (SSSR count). The van der Waals surface area contributed by atoms with Gasteiger partial charge < -0.3 is 4.74 Å². The zero-order chi connectivity index (χ0) is 13.2. The van der Waals surface area contributed by atoms with Crippen LogP contribution in [0.5, 0.6) is 5.75 Å². The van der Waals surface area contributed by atoms with Crippen LogP contribution >= 0.6 is 0 Å². The normalized spacial score (nSPS) is 22.4. The van der Waals surface area contributed by atoms with E-state index < -0.39 is 5.54 Å². The minimum Gasteiger partial charge on any atom is -0.497 e. The number of nitrogens with one attached hydrogen (secondary N) is 1. The lowest BCUT2D eigenvalue weighted by Crippen LogP contribution is -2.47. The van der Waals surface area contributed by atoms with E-state index in [0.29, 0.717) is 0 Å². The molecule has 1 aromatic rings. The fourth-order valence-corrected chi connectivity index (χ4v) is 2.79. The van der Waals surface area contributed by atoms with Crippen LogP contribution in [0, 0.1) is 11.3 Å². The molecule has 0 radical (unpaired) electrons. The van der Waals surface area contributed by atoms with Crippen LogP contribution < -0.4 is 10.1 Å². The molecule has 18 heavy (non-hydrogen) atoms. The van der Waals surface area contributed by atoms with Crippen molar-refractivity contribution < 1.29 is 4.74 Å². The van der Waals surface area contributed by atoms with E-state index in [1.807, 2.05) is 12.1 Å². The van der Waals surface area contributed by atoms with Crippen LogP contribution in [0.15, 0.2) is 18.2 Å². The van der Waals surface area contributed by atoms with Gasteiger partial charge in [-0.1, -0.05) is 6.07 Å². The maximum absolute atomic E-state index is 9.62. The highest BCUT2D eigenvalue weighted by Gasteiger charge is 2.37. The number of methoxy groups -OCH3 is 1. The van der Waals surface area contributed by atoms with Gasteiger partial charge in [0, 0.05) is 6.04 Å². The van der Waals surface area contributed by atoms with E-state index in [1.54, 1.807) is 7.11 Å². The molecule has 1 atom stereocenters. The smallest absolute Gasteiger partial charge is 0.132 e. The summed E-state index contributed by atoms with van der Waals surface area (Å²) in [5.74, 6) is 0.868. The summed E-state index contributed by atoms with van der Waals surface area (Å²) in [6, 6.07) is 8.81. The number of aryl methyl sites for hydroxylation is 1. The van der Waals surface area contributed by atoms with Crippen molar-refractivity contribution in [2.75, 3.05) is 7.11 Å². The molecule has 0 spiro atoms. The number of benzene rings is 1. The highest BCUT2D eigenvalue weighted by atomic mass is 16.5. The van der Waals surface area contributed by atoms with E-state index in [4.69, 9.17) is 4.74 Å². The molecule has 0 fully saturated rings. The van der Waals surface area contributed by atoms with Crippen LogP contribution in [0.2, 0.25) is 0 Å². The van der Waals surface area contributed by atoms with Crippen molar-refractivity contribution in [2.24, 2.45) is 0 Å². The molecule has 0 aliphatic heterocycles. The van der Waals surface area contributed by atoms with Crippen molar-refractivity contribution >= 4 is 0 Å². The first kappa shape index (κ1) is 12.9. The maximum Gasteiger partial charge on any atom is 0.132 e. The Morgan fingerprint density at radius 3 is 2.83 bits per heavy atom. The van der Waals surface area contributed by atoms with E-state index in [0.717, 1.165) is 30.6 Å². The van der Waals surface area contributed by atoms with Crippen molar-refractivity contribution in [2.45, 2.75) is 44.7 Å². The summed E-state index contributed by atoms with van der Waals surface area (Å²) in [5, 5.41) is 13.1. The Morgan fingerprint density at radius 1 is 1.44 bits per heavy atom. The van der Waals surface area contributed by atoms with Gasteiger partial charge >= 0.3 is 0 Å². The van der Waals surface area contributed by atoms with Crippen molar-refractivity contribution in [3.63, 3.8) is 0 Å². The minimum absolute atomic E-state index is 0.290. The standard InChI is InChI=1S/C15H20N2O/c1-11(2)17-15(10-16)8-4-5-12-9-13(18-3)6-7-14(12)15/h6-7,9,11,17H,4-5,8H2,1-3H3. The van der Waals surface area contributed by atoms with Gasteiger partial charge in [0.25, 0.3) is 0 Å². The van der Waals surface area contributed by atoms with Crippen LogP contribution in [0.4, 0.5) is 0 Å². The molecule has 0 saturated carbocycles. The SMILES string of the molecule is COc1ccc2c(c1)CCCC2(C#N)NC(C)C. The number of hydrogen-bond acceptors (Lipinski definition) is 3. The Hall–Kier alpha value is -1.53. The van der Waals surface area contributed by atoms with E-state index in [9.17, 15) is 5.26 Å². The number of rotatable bonds is 3. The van der Waals surface area contributed by atoms with Gasteiger partial charge in [-0.25, -0.2) is 0 Å². The summed E-state index contributed by atoms with van der Waals surface area (Å²) in [6.07, 6.45) is 2.93. The Balaban J connectivity index is 2.46. The first-order valence-electron chi connectivity index (χ1n) is 6.47. The average Bonchev–Trinajstić information content (AvgIpc) is 2.37. The lowest BCUT2D eigenvalue weighted by Gasteiger charge is -2.36. The van der Waals surface area contributed by atoms with Gasteiger partial charge in [-0.3, -0.25) is 5.32 Å². The summed E-state index contributed by atoms with van der Waals surface area (Å²) >= 11 is 0. The molecular formula is C15H20N2O. The third-order valence-corrected chi connectivity index (χ3v) is 3.50. The van der Waals surface area contributed by atoms with Gasteiger partial charge in [0.2, 0.25) is 0 Å². The molecule has 3 nitrogen and oxygen atoms in total. The third-order valence-electron chi connectivity index (χ3n) is 3.50. The number of nitriles is 1. The summed E-state index contributed by atoms with van der Waals surface area (Å²) < 4.78 is 5.26. The molecule has 1 N–H and O–H groups in total. The first-order valence-corrected chi connectivity index (χ1v) is 6.47. The second-order valence-corrected chi connectivity index (χ2v) is 5.19. The number of ether oxygens (including phenoxy) is 1. The van der Waals surface area contributed by atoms with Crippen LogP contribution in [0.3, 0.4) is 0 Å². The highest BCUT2D eigenvalue weighted by Crippen LogP contribution is 2.37. The molecule has 0 amide bonds. The van der Waals surface area contributed by atoms with Gasteiger partial charge in [-0.15, -0.1) is 0 Å². The van der Waals surface area contributed by atoms with Crippen LogP contribution in [-0.2, 0) is 12.0 Å². The second kappa shape index (κ2) is 4.99. The summed E-state index contributed by atoms with van der Waals surface area (Å²) in [5.41, 5.74) is 1.81. The summed E-state index contributed by atoms with van der Waals surface area (Å²) in [4.78, 5) is 0. The molecule has 1 unspecified atom stereocenters. The van der Waals surface area contributed by atoms with Gasteiger partial charge in [-0.05, 0) is 56.4 Å². The van der Waals surface area contributed by atoms with E-state index in [-0.39, 0.29) is 6.04 Å². The van der Waals surface area contributed by atoms with Crippen LogP contribution in [0.1, 0.15) is 37.8 Å². The van der Waals surface area contributed by atoms with Crippen LogP contribution in [-0.4, -0.2) is 13.2 Å². The van der Waals surface area contributed by atoms with Crippen molar-refractivity contribution in [1.29, 1.82) is 5.26 Å². The Labute approximate surface area is 109 Å². The molecular weight excluding hydrogens is 224 g/mol. The number of nitrogens with zero attached hydrogens (tertiary/aromatic N) is 1. The van der Waals surface area contributed by atoms with Gasteiger partial charge in [0.1, 0.15) is 11.3 Å². The van der Waals surface area contributed by atoms with Crippen molar-refractivity contribution in [3.8, 4) is 11.8 Å². The Kier molecular flexibility index (Phi) is 3.58. The molecule has 0 saturated heterocycles. The van der Waals surface area contributed by atoms with Gasteiger partial charge in [0.05, 0.1) is 13.2 Å². The van der Waals surface area contributed by atoms with Crippen molar-refractivity contribution in [1.82, 2.24) is 5.32 Å². The first-order chi connectivity index (χ1) is 8.61. The topological polar surface area (TPSA) is 45.0 Å². The molecule has 1 aliphatic rings. The van der Waals surface area contributed by atoms with E-state index >= 15 is 0 Å². The fraction of sp³-hybridized carbons (Fsp3) is 0.533. The van der Waals surface area contributed by atoms with Crippen LogP contribution in [0.25, 0.3) is 0 Å². The molecule has 0 bridgehead atoms. The molecule has 0 aromatic heterocycles. The predicted octanol–water partition coefficient (Wildman–Crippen LogP) is 2.75. The van der Waals surface area contributed by atoms with Gasteiger partial charge in [-0.2, -0.15) is 5.26 Å². The fourth-order valence-electron chi connectivity index (χ4n) is 2.79. The van der Waals surface area contributed by atoms with E-state index in [2.05, 4.69) is 31.3 Å². The largest absolute Gasteiger partial charge is 0.497 e. The van der Waals surface area contributed by atoms with E-state index in [1.165, 1.54) is 5.56 Å². The molecule has 1 aliphatic carbocycles. The lowest BCUT2D eigenvalue weighted by atomic mass is 9.77. The Morgan fingerprint density at radius 2 is 2.22 bits per heavy atom. The molecule has 0 heterocycles. The second-order valence-electron chi connectivity index (χ2n) is 5.19. The molecule has 96 valence electrons. The highest BCUT2D eigenvalue weighted by molar-refractivity contribution is 5.45. The summed E-state index contributed by atoms with van der Waals surface area (Å²) in [7, 11) is 1.68. The number of fused-ring (bicyclic) bond motifs is 1. The summed E-state index contributed by atoms with van der Waals surface area (Å²) in [6.45, 7) is 4.16. The van der Waals surface area contributed by atoms with Gasteiger partial charge in [0.15, 0.2) is 0 Å². The quantitative estimate of drug-likeness (QED) is 0.889. The number of hydrogen-bond donors (Lipinski definition) is 1.